The Morgan fingerprint density at radius 1 is 1.33 bits per heavy atom. The van der Waals surface area contributed by atoms with Crippen LogP contribution in [0.25, 0.3) is 0 Å². The third-order valence-electron chi connectivity index (χ3n) is 3.30. The minimum Gasteiger partial charge on any atom is -0.373 e. The summed E-state index contributed by atoms with van der Waals surface area (Å²) in [5.41, 5.74) is -1.32. The predicted octanol–water partition coefficient (Wildman–Crippen LogP) is 2.91. The number of nitrogens with one attached hydrogen (secondary N) is 2. The van der Waals surface area contributed by atoms with Crippen molar-refractivity contribution >= 4 is 11.8 Å². The van der Waals surface area contributed by atoms with E-state index in [1.165, 1.54) is 0 Å². The van der Waals surface area contributed by atoms with Crippen molar-refractivity contribution in [3.63, 3.8) is 0 Å². The maximum Gasteiger partial charge on any atom is 0.433 e. The van der Waals surface area contributed by atoms with Gasteiger partial charge in [0.1, 0.15) is 5.82 Å². The molecule has 0 aliphatic carbocycles. The maximum absolute atomic E-state index is 12.8. The first-order valence-corrected chi connectivity index (χ1v) is 6.90. The molecule has 1 aliphatic rings. The van der Waals surface area contributed by atoms with E-state index < -0.39 is 11.9 Å². The highest BCUT2D eigenvalue weighted by atomic mass is 19.4. The summed E-state index contributed by atoms with van der Waals surface area (Å²) in [6, 6.07) is 0.916. The number of alkyl halides is 3. The summed E-state index contributed by atoms with van der Waals surface area (Å²) >= 11 is 0. The van der Waals surface area contributed by atoms with Crippen molar-refractivity contribution in [1.82, 2.24) is 9.97 Å². The van der Waals surface area contributed by atoms with Gasteiger partial charge in [-0.25, -0.2) is 4.98 Å². The topological polar surface area (TPSA) is 59.1 Å². The molecule has 0 amide bonds. The SMILES string of the molecule is CCNc1nc(NCC2(C)CCCO2)cc(C(F)(F)F)n1. The van der Waals surface area contributed by atoms with Gasteiger partial charge in [0.05, 0.1) is 5.60 Å². The largest absolute Gasteiger partial charge is 0.433 e. The van der Waals surface area contributed by atoms with Crippen LogP contribution in [0.3, 0.4) is 0 Å². The standard InChI is InChI=1S/C13H19F3N4O/c1-3-17-11-19-9(13(14,15)16)7-10(20-11)18-8-12(2)5-4-6-21-12/h7H,3-6,8H2,1-2H3,(H2,17,18,19,20). The molecule has 5 nitrogen and oxygen atoms in total. The Hall–Kier alpha value is -1.57. The fraction of sp³-hybridized carbons (Fsp3) is 0.692. The number of rotatable bonds is 5. The van der Waals surface area contributed by atoms with E-state index in [2.05, 4.69) is 20.6 Å². The predicted molar refractivity (Wildman–Crippen MR) is 73.3 cm³/mol. The Kier molecular flexibility index (Phi) is 4.55. The molecule has 0 radical (unpaired) electrons. The van der Waals surface area contributed by atoms with Gasteiger partial charge in [0.15, 0.2) is 5.69 Å². The van der Waals surface area contributed by atoms with Crippen molar-refractivity contribution in [2.24, 2.45) is 0 Å². The minimum absolute atomic E-state index is 0.0349. The molecule has 0 aromatic carbocycles. The van der Waals surface area contributed by atoms with Crippen LogP contribution in [0, 0.1) is 0 Å². The summed E-state index contributed by atoms with van der Waals surface area (Å²) in [5.74, 6) is 0.109. The molecule has 2 N–H and O–H groups in total. The van der Waals surface area contributed by atoms with Gasteiger partial charge in [0, 0.05) is 25.8 Å². The van der Waals surface area contributed by atoms with Gasteiger partial charge in [-0.1, -0.05) is 0 Å². The van der Waals surface area contributed by atoms with Crippen LogP contribution >= 0.6 is 0 Å². The van der Waals surface area contributed by atoms with Gasteiger partial charge >= 0.3 is 6.18 Å². The Morgan fingerprint density at radius 2 is 2.10 bits per heavy atom. The zero-order valence-corrected chi connectivity index (χ0v) is 12.0. The molecule has 1 fully saturated rings. The lowest BCUT2D eigenvalue weighted by atomic mass is 10.0. The van der Waals surface area contributed by atoms with Crippen LogP contribution < -0.4 is 10.6 Å². The van der Waals surface area contributed by atoms with Crippen LogP contribution in [-0.2, 0) is 10.9 Å². The molecule has 21 heavy (non-hydrogen) atoms. The number of ether oxygens (including phenoxy) is 1. The smallest absolute Gasteiger partial charge is 0.373 e. The van der Waals surface area contributed by atoms with Crippen molar-refractivity contribution in [3.8, 4) is 0 Å². The monoisotopic (exact) mass is 304 g/mol. The first kappa shape index (κ1) is 15.8. The van der Waals surface area contributed by atoms with Gasteiger partial charge in [0.2, 0.25) is 5.95 Å². The van der Waals surface area contributed by atoms with Crippen LogP contribution in [-0.4, -0.2) is 35.3 Å². The van der Waals surface area contributed by atoms with Crippen LogP contribution in [0.4, 0.5) is 24.9 Å². The van der Waals surface area contributed by atoms with E-state index in [-0.39, 0.29) is 17.4 Å². The molecule has 1 aromatic heterocycles. The molecule has 0 spiro atoms. The number of hydrogen-bond acceptors (Lipinski definition) is 5. The van der Waals surface area contributed by atoms with Gasteiger partial charge in [-0.2, -0.15) is 18.2 Å². The number of aromatic nitrogens is 2. The summed E-state index contributed by atoms with van der Waals surface area (Å²) < 4.78 is 44.1. The molecule has 2 rings (SSSR count). The Bertz CT molecular complexity index is 487. The normalized spacial score (nSPS) is 22.3. The summed E-state index contributed by atoms with van der Waals surface area (Å²) in [7, 11) is 0. The highest BCUT2D eigenvalue weighted by Crippen LogP contribution is 2.30. The number of anilines is 2. The first-order valence-electron chi connectivity index (χ1n) is 6.90. The minimum atomic E-state index is -4.50. The average Bonchev–Trinajstić information content (AvgIpc) is 2.83. The zero-order valence-electron chi connectivity index (χ0n) is 12.0. The Labute approximate surface area is 121 Å². The lowest BCUT2D eigenvalue weighted by Gasteiger charge is -2.24. The van der Waals surface area contributed by atoms with Gasteiger partial charge in [-0.05, 0) is 26.7 Å². The van der Waals surface area contributed by atoms with Crippen molar-refractivity contribution in [3.05, 3.63) is 11.8 Å². The Balaban J connectivity index is 2.15. The third kappa shape index (κ3) is 4.20. The van der Waals surface area contributed by atoms with Gasteiger partial charge in [-0.15, -0.1) is 0 Å². The molecule has 0 saturated carbocycles. The second kappa shape index (κ2) is 6.05. The van der Waals surface area contributed by atoms with Crippen LogP contribution in [0.15, 0.2) is 6.07 Å². The summed E-state index contributed by atoms with van der Waals surface area (Å²) in [6.45, 7) is 5.24. The molecule has 1 saturated heterocycles. The molecular formula is C13H19F3N4O. The number of nitrogens with zero attached hydrogens (tertiary/aromatic N) is 2. The number of hydrogen-bond donors (Lipinski definition) is 2. The molecule has 1 unspecified atom stereocenters. The average molecular weight is 304 g/mol. The van der Waals surface area contributed by atoms with E-state index >= 15 is 0 Å². The summed E-state index contributed by atoms with van der Waals surface area (Å²) in [4.78, 5) is 7.51. The fourth-order valence-electron chi connectivity index (χ4n) is 2.17. The van der Waals surface area contributed by atoms with E-state index in [0.717, 1.165) is 18.9 Å². The Morgan fingerprint density at radius 3 is 2.67 bits per heavy atom. The van der Waals surface area contributed by atoms with Crippen LogP contribution in [0.1, 0.15) is 32.4 Å². The molecular weight excluding hydrogens is 285 g/mol. The molecule has 1 aliphatic heterocycles. The van der Waals surface area contributed by atoms with E-state index in [1.807, 2.05) is 6.92 Å². The molecule has 1 aromatic rings. The van der Waals surface area contributed by atoms with Crippen molar-refractivity contribution in [1.29, 1.82) is 0 Å². The van der Waals surface area contributed by atoms with Crippen LogP contribution in [0.2, 0.25) is 0 Å². The quantitative estimate of drug-likeness (QED) is 0.876. The molecule has 118 valence electrons. The van der Waals surface area contributed by atoms with Gasteiger partial charge in [-0.3, -0.25) is 0 Å². The van der Waals surface area contributed by atoms with Crippen molar-refractivity contribution in [2.75, 3.05) is 30.3 Å². The maximum atomic E-state index is 12.8. The molecule has 8 heteroatoms. The highest BCUT2D eigenvalue weighted by molar-refractivity contribution is 5.43. The van der Waals surface area contributed by atoms with Gasteiger partial charge < -0.3 is 15.4 Å². The lowest BCUT2D eigenvalue weighted by molar-refractivity contribution is -0.141. The summed E-state index contributed by atoms with van der Waals surface area (Å²) in [5, 5.41) is 5.63. The second-order valence-electron chi connectivity index (χ2n) is 5.25. The first-order chi connectivity index (χ1) is 9.82. The van der Waals surface area contributed by atoms with E-state index in [1.54, 1.807) is 6.92 Å². The van der Waals surface area contributed by atoms with E-state index in [4.69, 9.17) is 4.74 Å². The van der Waals surface area contributed by atoms with E-state index in [9.17, 15) is 13.2 Å². The van der Waals surface area contributed by atoms with Crippen molar-refractivity contribution in [2.45, 2.75) is 38.5 Å². The fourth-order valence-corrected chi connectivity index (χ4v) is 2.17. The molecule has 1 atom stereocenters. The number of halogens is 3. The van der Waals surface area contributed by atoms with E-state index in [0.29, 0.717) is 19.7 Å². The zero-order chi connectivity index (χ0) is 15.5. The van der Waals surface area contributed by atoms with Gasteiger partial charge in [0.25, 0.3) is 0 Å². The molecule has 0 bridgehead atoms. The lowest BCUT2D eigenvalue weighted by Crippen LogP contribution is -2.33. The highest BCUT2D eigenvalue weighted by Gasteiger charge is 2.34. The molecule has 2 heterocycles. The van der Waals surface area contributed by atoms with Crippen molar-refractivity contribution < 1.29 is 17.9 Å². The summed E-state index contributed by atoms with van der Waals surface area (Å²) in [6.07, 6.45) is -2.67. The third-order valence-corrected chi connectivity index (χ3v) is 3.30. The second-order valence-corrected chi connectivity index (χ2v) is 5.25. The van der Waals surface area contributed by atoms with Crippen LogP contribution in [0.5, 0.6) is 0 Å².